The van der Waals surface area contributed by atoms with Gasteiger partial charge >= 0.3 is 0 Å². The third-order valence-electron chi connectivity index (χ3n) is 2.70. The number of hydrogen-bond donors (Lipinski definition) is 2. The number of anilines is 2. The summed E-state index contributed by atoms with van der Waals surface area (Å²) in [5, 5.41) is 3.01. The van der Waals surface area contributed by atoms with Crippen molar-refractivity contribution < 1.29 is 4.79 Å². The molecule has 2 aromatic rings. The predicted octanol–water partition coefficient (Wildman–Crippen LogP) is 3.13. The molecule has 0 spiro atoms. The van der Waals surface area contributed by atoms with Crippen LogP contribution in [0.1, 0.15) is 23.0 Å². The van der Waals surface area contributed by atoms with Crippen molar-refractivity contribution >= 4 is 29.0 Å². The SMILES string of the molecule is CCc1ccc(NC(=O)c2nc(N)ccc2Cl)cc1. The Morgan fingerprint density at radius 2 is 1.95 bits per heavy atom. The summed E-state index contributed by atoms with van der Waals surface area (Å²) in [5.74, 6) is -0.113. The summed E-state index contributed by atoms with van der Waals surface area (Å²) in [6, 6.07) is 10.7. The molecule has 0 aliphatic heterocycles. The smallest absolute Gasteiger partial charge is 0.275 e. The van der Waals surface area contributed by atoms with Crippen molar-refractivity contribution in [2.45, 2.75) is 13.3 Å². The van der Waals surface area contributed by atoms with Gasteiger partial charge in [-0.1, -0.05) is 30.7 Å². The van der Waals surface area contributed by atoms with E-state index >= 15 is 0 Å². The van der Waals surface area contributed by atoms with Gasteiger partial charge in [0.1, 0.15) is 11.5 Å². The highest BCUT2D eigenvalue weighted by atomic mass is 35.5. The number of aryl methyl sites for hydroxylation is 1. The van der Waals surface area contributed by atoms with E-state index in [1.807, 2.05) is 24.3 Å². The van der Waals surface area contributed by atoms with Crippen molar-refractivity contribution in [3.63, 3.8) is 0 Å². The van der Waals surface area contributed by atoms with E-state index in [9.17, 15) is 4.79 Å². The van der Waals surface area contributed by atoms with Gasteiger partial charge in [-0.3, -0.25) is 4.79 Å². The minimum absolute atomic E-state index is 0.126. The van der Waals surface area contributed by atoms with Crippen molar-refractivity contribution in [1.29, 1.82) is 0 Å². The van der Waals surface area contributed by atoms with Crippen molar-refractivity contribution in [2.75, 3.05) is 11.1 Å². The molecule has 3 N–H and O–H groups in total. The molecule has 2 rings (SSSR count). The fourth-order valence-electron chi connectivity index (χ4n) is 1.63. The van der Waals surface area contributed by atoms with E-state index in [-0.39, 0.29) is 22.4 Å². The van der Waals surface area contributed by atoms with Gasteiger partial charge in [0.2, 0.25) is 0 Å². The van der Waals surface area contributed by atoms with Gasteiger partial charge in [-0.25, -0.2) is 4.98 Å². The highest BCUT2D eigenvalue weighted by Gasteiger charge is 2.12. The van der Waals surface area contributed by atoms with Gasteiger partial charge in [-0.15, -0.1) is 0 Å². The van der Waals surface area contributed by atoms with Gasteiger partial charge in [-0.05, 0) is 36.2 Å². The maximum atomic E-state index is 12.0. The number of amides is 1. The van der Waals surface area contributed by atoms with Gasteiger partial charge in [0.15, 0.2) is 0 Å². The normalized spacial score (nSPS) is 10.2. The summed E-state index contributed by atoms with van der Waals surface area (Å²) < 4.78 is 0. The molecule has 1 heterocycles. The third-order valence-corrected chi connectivity index (χ3v) is 3.01. The number of nitrogen functional groups attached to an aromatic ring is 1. The standard InChI is InChI=1S/C14H14ClN3O/c1-2-9-3-5-10(6-4-9)17-14(19)13-11(15)7-8-12(16)18-13/h3-8H,2H2,1H3,(H2,16,18)(H,17,19). The van der Waals surface area contributed by atoms with Crippen molar-refractivity contribution in [1.82, 2.24) is 4.98 Å². The monoisotopic (exact) mass is 275 g/mol. The van der Waals surface area contributed by atoms with Gasteiger partial charge < -0.3 is 11.1 Å². The number of carbonyl (C=O) groups is 1. The second kappa shape index (κ2) is 5.71. The molecule has 0 unspecified atom stereocenters. The molecule has 0 radical (unpaired) electrons. The largest absolute Gasteiger partial charge is 0.384 e. The maximum absolute atomic E-state index is 12.0. The van der Waals surface area contributed by atoms with Crippen LogP contribution in [-0.4, -0.2) is 10.9 Å². The summed E-state index contributed by atoms with van der Waals surface area (Å²) in [6.07, 6.45) is 0.955. The number of nitrogens with zero attached hydrogens (tertiary/aromatic N) is 1. The molecule has 0 aliphatic carbocycles. The Hall–Kier alpha value is -2.07. The number of aromatic nitrogens is 1. The number of benzene rings is 1. The van der Waals surface area contributed by atoms with Crippen LogP contribution < -0.4 is 11.1 Å². The van der Waals surface area contributed by atoms with E-state index in [2.05, 4.69) is 17.2 Å². The molecule has 0 fully saturated rings. The quantitative estimate of drug-likeness (QED) is 0.904. The zero-order chi connectivity index (χ0) is 13.8. The number of carbonyl (C=O) groups excluding carboxylic acids is 1. The summed E-state index contributed by atoms with van der Waals surface area (Å²) >= 11 is 5.93. The zero-order valence-corrected chi connectivity index (χ0v) is 11.2. The van der Waals surface area contributed by atoms with E-state index in [1.165, 1.54) is 5.56 Å². The Bertz CT molecular complexity index is 596. The molecular weight excluding hydrogens is 262 g/mol. The molecule has 19 heavy (non-hydrogen) atoms. The highest BCUT2D eigenvalue weighted by Crippen LogP contribution is 2.17. The van der Waals surface area contributed by atoms with E-state index in [4.69, 9.17) is 17.3 Å². The number of pyridine rings is 1. The molecule has 0 saturated heterocycles. The maximum Gasteiger partial charge on any atom is 0.275 e. The Morgan fingerprint density at radius 1 is 1.26 bits per heavy atom. The van der Waals surface area contributed by atoms with Crippen molar-refractivity contribution in [3.8, 4) is 0 Å². The summed E-state index contributed by atoms with van der Waals surface area (Å²) in [7, 11) is 0. The average Bonchev–Trinajstić information content (AvgIpc) is 2.42. The molecule has 98 valence electrons. The molecule has 4 nitrogen and oxygen atoms in total. The van der Waals surface area contributed by atoms with Crippen LogP contribution >= 0.6 is 11.6 Å². The Labute approximate surface area is 116 Å². The van der Waals surface area contributed by atoms with E-state index in [0.29, 0.717) is 5.69 Å². The molecule has 0 saturated carbocycles. The fourth-order valence-corrected chi connectivity index (χ4v) is 1.82. The van der Waals surface area contributed by atoms with Crippen LogP contribution in [-0.2, 0) is 6.42 Å². The molecule has 5 heteroatoms. The predicted molar refractivity (Wildman–Crippen MR) is 77.4 cm³/mol. The lowest BCUT2D eigenvalue weighted by Gasteiger charge is -2.07. The van der Waals surface area contributed by atoms with Gasteiger partial charge in [0.25, 0.3) is 5.91 Å². The first kappa shape index (κ1) is 13.4. The van der Waals surface area contributed by atoms with Crippen LogP contribution in [0, 0.1) is 0 Å². The third kappa shape index (κ3) is 3.23. The molecule has 1 amide bonds. The average molecular weight is 276 g/mol. The minimum atomic E-state index is -0.374. The lowest BCUT2D eigenvalue weighted by atomic mass is 10.1. The second-order valence-corrected chi connectivity index (χ2v) is 4.48. The van der Waals surface area contributed by atoms with Gasteiger partial charge in [0, 0.05) is 5.69 Å². The number of hydrogen-bond acceptors (Lipinski definition) is 3. The number of nitrogens with two attached hydrogens (primary N) is 1. The topological polar surface area (TPSA) is 68.0 Å². The van der Waals surface area contributed by atoms with Gasteiger partial charge in [-0.2, -0.15) is 0 Å². The zero-order valence-electron chi connectivity index (χ0n) is 10.5. The molecule has 1 aromatic heterocycles. The van der Waals surface area contributed by atoms with E-state index < -0.39 is 0 Å². The Morgan fingerprint density at radius 3 is 2.58 bits per heavy atom. The van der Waals surface area contributed by atoms with E-state index in [0.717, 1.165) is 6.42 Å². The second-order valence-electron chi connectivity index (χ2n) is 4.07. The molecule has 0 atom stereocenters. The van der Waals surface area contributed by atoms with E-state index in [1.54, 1.807) is 12.1 Å². The summed E-state index contributed by atoms with van der Waals surface area (Å²) in [4.78, 5) is 16.0. The number of nitrogens with one attached hydrogen (secondary N) is 1. The lowest BCUT2D eigenvalue weighted by Crippen LogP contribution is -2.15. The van der Waals surface area contributed by atoms with Crippen LogP contribution in [0.3, 0.4) is 0 Å². The van der Waals surface area contributed by atoms with Crippen LogP contribution in [0.4, 0.5) is 11.5 Å². The van der Waals surface area contributed by atoms with Gasteiger partial charge in [0.05, 0.1) is 5.02 Å². The Balaban J connectivity index is 2.18. The first-order valence-electron chi connectivity index (χ1n) is 5.92. The first-order chi connectivity index (χ1) is 9.10. The lowest BCUT2D eigenvalue weighted by molar-refractivity contribution is 0.102. The van der Waals surface area contributed by atoms with Crippen LogP contribution in [0.15, 0.2) is 36.4 Å². The number of rotatable bonds is 3. The summed E-state index contributed by atoms with van der Waals surface area (Å²) in [5.41, 5.74) is 7.58. The fraction of sp³-hybridized carbons (Fsp3) is 0.143. The number of halogens is 1. The van der Waals surface area contributed by atoms with Crippen molar-refractivity contribution in [3.05, 3.63) is 52.7 Å². The minimum Gasteiger partial charge on any atom is -0.384 e. The highest BCUT2D eigenvalue weighted by molar-refractivity contribution is 6.34. The summed E-state index contributed by atoms with van der Waals surface area (Å²) in [6.45, 7) is 2.07. The molecular formula is C14H14ClN3O. The van der Waals surface area contributed by atoms with Crippen LogP contribution in [0.5, 0.6) is 0 Å². The molecule has 1 aromatic carbocycles. The first-order valence-corrected chi connectivity index (χ1v) is 6.30. The van der Waals surface area contributed by atoms with Crippen molar-refractivity contribution in [2.24, 2.45) is 0 Å². The Kier molecular flexibility index (Phi) is 4.02. The molecule has 0 bridgehead atoms. The van der Waals surface area contributed by atoms with Crippen LogP contribution in [0.25, 0.3) is 0 Å². The molecule has 0 aliphatic rings. The van der Waals surface area contributed by atoms with Crippen LogP contribution in [0.2, 0.25) is 5.02 Å².